The van der Waals surface area contributed by atoms with E-state index >= 15 is 0 Å². The number of pyridine rings is 1. The van der Waals surface area contributed by atoms with Crippen LogP contribution in [0.15, 0.2) is 36.5 Å². The van der Waals surface area contributed by atoms with Crippen LogP contribution in [0.2, 0.25) is 0 Å². The molecule has 1 aromatic carbocycles. The summed E-state index contributed by atoms with van der Waals surface area (Å²) in [5, 5.41) is 16.0. The second-order valence-electron chi connectivity index (χ2n) is 7.03. The van der Waals surface area contributed by atoms with Gasteiger partial charge in [0.1, 0.15) is 6.54 Å². The van der Waals surface area contributed by atoms with Gasteiger partial charge >= 0.3 is 6.03 Å². The summed E-state index contributed by atoms with van der Waals surface area (Å²) >= 11 is 0. The van der Waals surface area contributed by atoms with Crippen LogP contribution in [0.5, 0.6) is 0 Å². The van der Waals surface area contributed by atoms with Gasteiger partial charge in [-0.1, -0.05) is 18.2 Å². The lowest BCUT2D eigenvalue weighted by atomic mass is 9.75. The van der Waals surface area contributed by atoms with Crippen LogP contribution in [-0.2, 0) is 9.59 Å². The molecular weight excluding hydrogens is 348 g/mol. The number of carbonyl (C=O) groups is 3. The lowest BCUT2D eigenvalue weighted by Gasteiger charge is -2.38. The van der Waals surface area contributed by atoms with Crippen molar-refractivity contribution in [3.8, 4) is 0 Å². The van der Waals surface area contributed by atoms with Gasteiger partial charge in [0.25, 0.3) is 5.91 Å². The fourth-order valence-electron chi connectivity index (χ4n) is 3.61. The fourth-order valence-corrected chi connectivity index (χ4v) is 3.61. The topological polar surface area (TPSA) is 112 Å². The third-order valence-electron chi connectivity index (χ3n) is 5.15. The number of urea groups is 1. The quantitative estimate of drug-likeness (QED) is 0.673. The van der Waals surface area contributed by atoms with Crippen molar-refractivity contribution in [2.24, 2.45) is 5.92 Å². The summed E-state index contributed by atoms with van der Waals surface area (Å²) < 4.78 is 0. The Morgan fingerprint density at radius 2 is 2.11 bits per heavy atom. The standard InChI is InChI=1S/C19H20N4O4/c24-14-6-12(7-14)18(13-5-11-3-1-2-4-15(11)20-8-13)22-16(25)10-23-17(26)9-21-19(23)27/h1-5,8,12,14,18,24H,6-7,9-10H2,(H,21,27)(H,22,25). The summed E-state index contributed by atoms with van der Waals surface area (Å²) in [7, 11) is 0. The Morgan fingerprint density at radius 1 is 1.33 bits per heavy atom. The molecule has 4 amide bonds. The number of aliphatic hydroxyl groups is 1. The summed E-state index contributed by atoms with van der Waals surface area (Å²) in [4.78, 5) is 41.2. The molecule has 1 aliphatic heterocycles. The SMILES string of the molecule is O=C(CN1C(=O)CNC1=O)NC(c1cnc2ccccc2c1)C1CC(O)C1. The minimum absolute atomic E-state index is 0.0787. The van der Waals surface area contributed by atoms with Crippen LogP contribution in [0.25, 0.3) is 10.9 Å². The summed E-state index contributed by atoms with van der Waals surface area (Å²) in [5.74, 6) is -0.756. The molecule has 2 heterocycles. The van der Waals surface area contributed by atoms with Crippen molar-refractivity contribution >= 4 is 28.7 Å². The molecule has 2 aromatic rings. The van der Waals surface area contributed by atoms with Crippen molar-refractivity contribution in [2.45, 2.75) is 25.0 Å². The zero-order valence-corrected chi connectivity index (χ0v) is 14.6. The Labute approximate surface area is 155 Å². The highest BCUT2D eigenvalue weighted by Gasteiger charge is 2.37. The van der Waals surface area contributed by atoms with Gasteiger partial charge in [-0.2, -0.15) is 0 Å². The smallest absolute Gasteiger partial charge is 0.325 e. The number of fused-ring (bicyclic) bond motifs is 1. The van der Waals surface area contributed by atoms with E-state index in [2.05, 4.69) is 15.6 Å². The maximum Gasteiger partial charge on any atom is 0.325 e. The molecular formula is C19H20N4O4. The molecule has 2 fully saturated rings. The maximum atomic E-state index is 12.5. The minimum atomic E-state index is -0.557. The van der Waals surface area contributed by atoms with Crippen molar-refractivity contribution in [1.82, 2.24) is 20.5 Å². The first-order valence-electron chi connectivity index (χ1n) is 8.91. The van der Waals surface area contributed by atoms with Crippen LogP contribution in [0.3, 0.4) is 0 Å². The molecule has 8 nitrogen and oxygen atoms in total. The van der Waals surface area contributed by atoms with Gasteiger partial charge in [-0.3, -0.25) is 19.5 Å². The normalized spacial score (nSPS) is 23.1. The third kappa shape index (κ3) is 3.48. The Morgan fingerprint density at radius 3 is 2.81 bits per heavy atom. The van der Waals surface area contributed by atoms with Gasteiger partial charge in [-0.05, 0) is 36.5 Å². The van der Waals surface area contributed by atoms with E-state index in [1.54, 1.807) is 6.20 Å². The van der Waals surface area contributed by atoms with Crippen LogP contribution in [0.4, 0.5) is 4.79 Å². The van der Waals surface area contributed by atoms with E-state index < -0.39 is 17.8 Å². The molecule has 0 spiro atoms. The Kier molecular flexibility index (Phi) is 4.49. The monoisotopic (exact) mass is 368 g/mol. The van der Waals surface area contributed by atoms with E-state index in [-0.39, 0.29) is 31.2 Å². The molecule has 4 rings (SSSR count). The highest BCUT2D eigenvalue weighted by molar-refractivity contribution is 6.04. The predicted molar refractivity (Wildman–Crippen MR) is 96.5 cm³/mol. The summed E-state index contributed by atoms with van der Waals surface area (Å²) in [6.45, 7) is -0.406. The van der Waals surface area contributed by atoms with Gasteiger partial charge in [0, 0.05) is 11.6 Å². The lowest BCUT2D eigenvalue weighted by Crippen LogP contribution is -2.46. The van der Waals surface area contributed by atoms with Gasteiger partial charge in [0.15, 0.2) is 0 Å². The molecule has 1 saturated heterocycles. The van der Waals surface area contributed by atoms with Crippen molar-refractivity contribution in [1.29, 1.82) is 0 Å². The molecule has 1 atom stereocenters. The van der Waals surface area contributed by atoms with E-state index in [4.69, 9.17) is 0 Å². The number of carbonyl (C=O) groups excluding carboxylic acids is 3. The van der Waals surface area contributed by atoms with Crippen molar-refractivity contribution < 1.29 is 19.5 Å². The minimum Gasteiger partial charge on any atom is -0.393 e. The number of benzene rings is 1. The van der Waals surface area contributed by atoms with E-state index in [1.165, 1.54) is 0 Å². The molecule has 8 heteroatoms. The van der Waals surface area contributed by atoms with Gasteiger partial charge in [0.05, 0.1) is 24.2 Å². The van der Waals surface area contributed by atoms with Crippen LogP contribution < -0.4 is 10.6 Å². The number of amides is 4. The molecule has 140 valence electrons. The van der Waals surface area contributed by atoms with Gasteiger partial charge in [-0.15, -0.1) is 0 Å². The Hall–Kier alpha value is -3.00. The molecule has 27 heavy (non-hydrogen) atoms. The molecule has 2 aliphatic rings. The second kappa shape index (κ2) is 6.96. The molecule has 1 saturated carbocycles. The molecule has 0 radical (unpaired) electrons. The number of hydrogen-bond acceptors (Lipinski definition) is 5. The first-order chi connectivity index (χ1) is 13.0. The number of aromatic nitrogens is 1. The van der Waals surface area contributed by atoms with E-state index in [9.17, 15) is 19.5 Å². The predicted octanol–water partition coefficient (Wildman–Crippen LogP) is 0.715. The highest BCUT2D eigenvalue weighted by atomic mass is 16.3. The number of rotatable bonds is 5. The Balaban J connectivity index is 1.54. The fraction of sp³-hybridized carbons (Fsp3) is 0.368. The maximum absolute atomic E-state index is 12.5. The summed E-state index contributed by atoms with van der Waals surface area (Å²) in [6, 6.07) is 8.79. The first-order valence-corrected chi connectivity index (χ1v) is 8.91. The number of imide groups is 1. The number of nitrogens with zero attached hydrogens (tertiary/aromatic N) is 2. The van der Waals surface area contributed by atoms with Gasteiger partial charge in [0.2, 0.25) is 5.91 Å². The number of para-hydroxylation sites is 1. The Bertz CT molecular complexity index is 893. The highest BCUT2D eigenvalue weighted by Crippen LogP contribution is 2.38. The summed E-state index contributed by atoms with van der Waals surface area (Å²) in [5.41, 5.74) is 1.70. The second-order valence-corrected chi connectivity index (χ2v) is 7.03. The average Bonchev–Trinajstić information content (AvgIpc) is 2.95. The van der Waals surface area contributed by atoms with Gasteiger partial charge < -0.3 is 15.7 Å². The average molecular weight is 368 g/mol. The molecule has 0 bridgehead atoms. The van der Waals surface area contributed by atoms with Gasteiger partial charge in [-0.25, -0.2) is 4.79 Å². The van der Waals surface area contributed by atoms with Crippen molar-refractivity contribution in [3.63, 3.8) is 0 Å². The van der Waals surface area contributed by atoms with Crippen molar-refractivity contribution in [3.05, 3.63) is 42.1 Å². The van der Waals surface area contributed by atoms with Crippen LogP contribution >= 0.6 is 0 Å². The molecule has 1 aromatic heterocycles. The zero-order chi connectivity index (χ0) is 19.0. The van der Waals surface area contributed by atoms with Crippen LogP contribution in [0.1, 0.15) is 24.4 Å². The third-order valence-corrected chi connectivity index (χ3v) is 5.15. The number of nitrogens with one attached hydrogen (secondary N) is 2. The number of aliphatic hydroxyl groups excluding tert-OH is 1. The molecule has 1 unspecified atom stereocenters. The van der Waals surface area contributed by atoms with Crippen LogP contribution in [-0.4, -0.2) is 52.0 Å². The van der Waals surface area contributed by atoms with Crippen molar-refractivity contribution in [2.75, 3.05) is 13.1 Å². The number of hydrogen-bond donors (Lipinski definition) is 3. The first kappa shape index (κ1) is 17.4. The lowest BCUT2D eigenvalue weighted by molar-refractivity contribution is -0.131. The molecule has 1 aliphatic carbocycles. The van der Waals surface area contributed by atoms with E-state index in [1.807, 2.05) is 30.3 Å². The molecule has 3 N–H and O–H groups in total. The van der Waals surface area contributed by atoms with Crippen LogP contribution in [0, 0.1) is 5.92 Å². The summed E-state index contributed by atoms with van der Waals surface area (Å²) in [6.07, 6.45) is 2.53. The largest absolute Gasteiger partial charge is 0.393 e. The zero-order valence-electron chi connectivity index (χ0n) is 14.6. The van der Waals surface area contributed by atoms with E-state index in [0.29, 0.717) is 12.8 Å². The van der Waals surface area contributed by atoms with E-state index in [0.717, 1.165) is 21.4 Å².